The molecule has 3 aromatic rings. The van der Waals surface area contributed by atoms with Crippen LogP contribution >= 0.6 is 11.6 Å². The molecular formula is C25H19ClN2O5. The van der Waals surface area contributed by atoms with Gasteiger partial charge in [0.25, 0.3) is 5.91 Å². The fourth-order valence-corrected chi connectivity index (χ4v) is 3.57. The lowest BCUT2D eigenvalue weighted by atomic mass is 10.1. The van der Waals surface area contributed by atoms with Gasteiger partial charge < -0.3 is 15.2 Å². The molecule has 3 aromatic carbocycles. The quantitative estimate of drug-likeness (QED) is 0.391. The summed E-state index contributed by atoms with van der Waals surface area (Å²) in [4.78, 5) is 37.2. The predicted octanol–water partition coefficient (Wildman–Crippen LogP) is 4.71. The molecule has 1 saturated heterocycles. The van der Waals surface area contributed by atoms with Crippen molar-refractivity contribution in [2.75, 3.05) is 0 Å². The number of aromatic carboxylic acids is 1. The van der Waals surface area contributed by atoms with E-state index in [0.717, 1.165) is 10.5 Å². The number of halogens is 1. The molecular weight excluding hydrogens is 444 g/mol. The molecule has 2 N–H and O–H groups in total. The van der Waals surface area contributed by atoms with Crippen LogP contribution in [0.5, 0.6) is 5.75 Å². The molecule has 7 nitrogen and oxygen atoms in total. The third-order valence-electron chi connectivity index (χ3n) is 4.98. The minimum absolute atomic E-state index is 0.143. The molecule has 1 aliphatic rings. The van der Waals surface area contributed by atoms with E-state index in [1.165, 1.54) is 12.1 Å². The van der Waals surface area contributed by atoms with Crippen molar-refractivity contribution in [2.24, 2.45) is 0 Å². The van der Waals surface area contributed by atoms with Crippen LogP contribution < -0.4 is 10.1 Å². The highest BCUT2D eigenvalue weighted by molar-refractivity contribution is 6.32. The lowest BCUT2D eigenvalue weighted by Crippen LogP contribution is -2.30. The van der Waals surface area contributed by atoms with Crippen LogP contribution in [0.1, 0.15) is 27.0 Å². The number of amides is 3. The summed E-state index contributed by atoms with van der Waals surface area (Å²) in [7, 11) is 0. The Hall–Kier alpha value is -4.10. The van der Waals surface area contributed by atoms with Gasteiger partial charge in [-0.3, -0.25) is 9.69 Å². The van der Waals surface area contributed by atoms with Crippen molar-refractivity contribution in [1.29, 1.82) is 0 Å². The van der Waals surface area contributed by atoms with Gasteiger partial charge in [-0.15, -0.1) is 0 Å². The molecule has 1 heterocycles. The zero-order valence-electron chi connectivity index (χ0n) is 17.3. The highest BCUT2D eigenvalue weighted by Gasteiger charge is 2.33. The lowest BCUT2D eigenvalue weighted by molar-refractivity contribution is -0.123. The van der Waals surface area contributed by atoms with Crippen LogP contribution in [-0.4, -0.2) is 27.9 Å². The molecule has 0 bridgehead atoms. The Bertz CT molecular complexity index is 1260. The predicted molar refractivity (Wildman–Crippen MR) is 123 cm³/mol. The van der Waals surface area contributed by atoms with Crippen molar-refractivity contribution < 1.29 is 24.2 Å². The fourth-order valence-electron chi connectivity index (χ4n) is 3.33. The summed E-state index contributed by atoms with van der Waals surface area (Å²) in [6, 6.07) is 20.2. The molecule has 8 heteroatoms. The van der Waals surface area contributed by atoms with E-state index >= 15 is 0 Å². The summed E-state index contributed by atoms with van der Waals surface area (Å²) in [5, 5.41) is 12.0. The molecule has 0 atom stereocenters. The summed E-state index contributed by atoms with van der Waals surface area (Å²) in [5.41, 5.74) is 2.49. The summed E-state index contributed by atoms with van der Waals surface area (Å²) in [6.45, 7) is 0.323. The number of imide groups is 1. The fraction of sp³-hybridized carbons (Fsp3) is 0.0800. The largest absolute Gasteiger partial charge is 0.487 e. The summed E-state index contributed by atoms with van der Waals surface area (Å²) < 4.78 is 5.71. The van der Waals surface area contributed by atoms with E-state index in [4.69, 9.17) is 21.4 Å². The summed E-state index contributed by atoms with van der Waals surface area (Å²) in [5.74, 6) is -1.02. The summed E-state index contributed by atoms with van der Waals surface area (Å²) >= 11 is 6.33. The number of carboxylic acids is 1. The van der Waals surface area contributed by atoms with Crippen LogP contribution in [0.2, 0.25) is 5.02 Å². The van der Waals surface area contributed by atoms with Gasteiger partial charge in [0, 0.05) is 0 Å². The van der Waals surface area contributed by atoms with Gasteiger partial charge in [-0.25, -0.2) is 9.59 Å². The number of hydrogen-bond donors (Lipinski definition) is 2. The molecule has 0 spiro atoms. The number of benzene rings is 3. The molecule has 0 aromatic heterocycles. The Morgan fingerprint density at radius 3 is 2.48 bits per heavy atom. The van der Waals surface area contributed by atoms with E-state index < -0.39 is 17.9 Å². The maximum absolute atomic E-state index is 12.7. The number of ether oxygens (including phenoxy) is 1. The summed E-state index contributed by atoms with van der Waals surface area (Å²) in [6.07, 6.45) is 1.55. The average molecular weight is 463 g/mol. The van der Waals surface area contributed by atoms with Crippen LogP contribution in [0.15, 0.2) is 78.5 Å². The van der Waals surface area contributed by atoms with Crippen molar-refractivity contribution in [3.63, 3.8) is 0 Å². The zero-order chi connectivity index (χ0) is 23.4. The third-order valence-corrected chi connectivity index (χ3v) is 5.28. The molecule has 3 amide bonds. The maximum atomic E-state index is 12.7. The number of urea groups is 1. The topological polar surface area (TPSA) is 95.9 Å². The van der Waals surface area contributed by atoms with Gasteiger partial charge in [-0.1, -0.05) is 60.1 Å². The van der Waals surface area contributed by atoms with Crippen LogP contribution in [0, 0.1) is 0 Å². The molecule has 1 aliphatic heterocycles. The second kappa shape index (κ2) is 9.58. The van der Waals surface area contributed by atoms with E-state index in [2.05, 4.69) is 5.32 Å². The zero-order valence-corrected chi connectivity index (χ0v) is 18.1. The van der Waals surface area contributed by atoms with Crippen molar-refractivity contribution in [1.82, 2.24) is 10.2 Å². The number of carbonyl (C=O) groups excluding carboxylic acids is 2. The Kier molecular flexibility index (Phi) is 6.42. The number of carboxylic acid groups (broad SMARTS) is 1. The third kappa shape index (κ3) is 5.22. The van der Waals surface area contributed by atoms with Gasteiger partial charge in [0.05, 0.1) is 17.1 Å². The molecule has 166 valence electrons. The van der Waals surface area contributed by atoms with Crippen LogP contribution in [-0.2, 0) is 17.9 Å². The molecule has 0 saturated carbocycles. The highest BCUT2D eigenvalue weighted by atomic mass is 35.5. The first-order valence-corrected chi connectivity index (χ1v) is 10.4. The molecule has 33 heavy (non-hydrogen) atoms. The van der Waals surface area contributed by atoms with Crippen LogP contribution in [0.4, 0.5) is 4.79 Å². The second-order valence-corrected chi connectivity index (χ2v) is 7.76. The smallest absolute Gasteiger partial charge is 0.335 e. The van der Waals surface area contributed by atoms with Crippen molar-refractivity contribution in [3.05, 3.63) is 106 Å². The minimum Gasteiger partial charge on any atom is -0.487 e. The highest BCUT2D eigenvalue weighted by Crippen LogP contribution is 2.28. The van der Waals surface area contributed by atoms with Gasteiger partial charge in [-0.2, -0.15) is 0 Å². The van der Waals surface area contributed by atoms with E-state index in [1.54, 1.807) is 36.4 Å². The lowest BCUT2D eigenvalue weighted by Gasteiger charge is -2.11. The molecule has 1 fully saturated rings. The second-order valence-electron chi connectivity index (χ2n) is 7.35. The first-order chi connectivity index (χ1) is 15.9. The number of nitrogens with one attached hydrogen (secondary N) is 1. The van der Waals surface area contributed by atoms with Crippen LogP contribution in [0.25, 0.3) is 6.08 Å². The van der Waals surface area contributed by atoms with Crippen molar-refractivity contribution >= 4 is 35.6 Å². The number of carbonyl (C=O) groups is 3. The first kappa shape index (κ1) is 22.1. The standard InChI is InChI=1S/C25H19ClN2O5/c26-20-12-17(9-10-22(20)33-15-18-7-4-8-19(11-18)24(30)31)13-21-23(29)28(25(32)27-21)14-16-5-2-1-3-6-16/h1-13H,14-15H2,(H,27,32)(H,30,31)/b21-13+. The van der Waals surface area contributed by atoms with Crippen molar-refractivity contribution in [2.45, 2.75) is 13.2 Å². The maximum Gasteiger partial charge on any atom is 0.335 e. The molecule has 0 unspecified atom stereocenters. The monoisotopic (exact) mass is 462 g/mol. The molecule has 4 rings (SSSR count). The average Bonchev–Trinajstić information content (AvgIpc) is 3.06. The van der Waals surface area contributed by atoms with E-state index in [1.807, 2.05) is 30.3 Å². The Morgan fingerprint density at radius 2 is 1.76 bits per heavy atom. The normalized spacial score (nSPS) is 14.5. The number of rotatable bonds is 7. The Balaban J connectivity index is 1.44. The number of hydrogen-bond acceptors (Lipinski definition) is 4. The first-order valence-electron chi connectivity index (χ1n) is 10.0. The SMILES string of the molecule is O=C(O)c1cccc(COc2ccc(/C=C3/NC(=O)N(Cc4ccccc4)C3=O)cc2Cl)c1. The molecule has 0 aliphatic carbocycles. The minimum atomic E-state index is -1.01. The van der Waals surface area contributed by atoms with E-state index in [0.29, 0.717) is 21.9 Å². The molecule has 0 radical (unpaired) electrons. The van der Waals surface area contributed by atoms with Gasteiger partial charge in [-0.05, 0) is 47.0 Å². The Morgan fingerprint density at radius 1 is 1.00 bits per heavy atom. The van der Waals surface area contributed by atoms with Gasteiger partial charge >= 0.3 is 12.0 Å². The number of nitrogens with zero attached hydrogens (tertiary/aromatic N) is 1. The van der Waals surface area contributed by atoms with Gasteiger partial charge in [0.1, 0.15) is 18.1 Å². The van der Waals surface area contributed by atoms with Crippen molar-refractivity contribution in [3.8, 4) is 5.75 Å². The Labute approximate surface area is 194 Å². The van der Waals surface area contributed by atoms with E-state index in [-0.39, 0.29) is 24.4 Å². The van der Waals surface area contributed by atoms with Gasteiger partial charge in [0.15, 0.2) is 0 Å². The van der Waals surface area contributed by atoms with E-state index in [9.17, 15) is 14.4 Å². The van der Waals surface area contributed by atoms with Crippen LogP contribution in [0.3, 0.4) is 0 Å². The van der Waals surface area contributed by atoms with Gasteiger partial charge in [0.2, 0.25) is 0 Å².